The molecule has 0 amide bonds. The molecule has 64 valence electrons. The van der Waals surface area contributed by atoms with E-state index in [1.165, 1.54) is 0 Å². The second-order valence-corrected chi connectivity index (χ2v) is 2.89. The Morgan fingerprint density at radius 3 is 2.33 bits per heavy atom. The second kappa shape index (κ2) is 3.54. The van der Waals surface area contributed by atoms with E-state index in [4.69, 9.17) is 16.8 Å². The first kappa shape index (κ1) is 9.00. The number of aromatic nitrogens is 1. The Hall–Kier alpha value is -1.09. The fraction of sp³-hybridized carbons (Fsp3) is 0.250. The van der Waals surface area contributed by atoms with Gasteiger partial charge < -0.3 is 5.21 Å². The largest absolute Gasteiger partial charge is 0.410 e. The quantitative estimate of drug-likeness (QED) is 0.413. The van der Waals surface area contributed by atoms with Crippen molar-refractivity contribution < 1.29 is 5.21 Å². The van der Waals surface area contributed by atoms with Crippen LogP contribution in [0.2, 0.25) is 0 Å². The number of halogens is 1. The SMILES string of the molecule is Cc1cc(C(Cl)=NO)cc(C)n1. The van der Waals surface area contributed by atoms with Crippen molar-refractivity contribution in [2.24, 2.45) is 5.16 Å². The summed E-state index contributed by atoms with van der Waals surface area (Å²) in [6, 6.07) is 3.52. The lowest BCUT2D eigenvalue weighted by Gasteiger charge is -1.99. The van der Waals surface area contributed by atoms with E-state index < -0.39 is 0 Å². The Morgan fingerprint density at radius 1 is 1.42 bits per heavy atom. The Morgan fingerprint density at radius 2 is 1.92 bits per heavy atom. The van der Waals surface area contributed by atoms with Gasteiger partial charge in [0, 0.05) is 17.0 Å². The third-order valence-corrected chi connectivity index (χ3v) is 1.70. The van der Waals surface area contributed by atoms with E-state index in [9.17, 15) is 0 Å². The topological polar surface area (TPSA) is 45.5 Å². The molecule has 1 aromatic heterocycles. The van der Waals surface area contributed by atoms with Crippen LogP contribution in [0.25, 0.3) is 0 Å². The van der Waals surface area contributed by atoms with Gasteiger partial charge in [-0.1, -0.05) is 16.8 Å². The number of pyridine rings is 1. The summed E-state index contributed by atoms with van der Waals surface area (Å²) in [4.78, 5) is 4.16. The minimum absolute atomic E-state index is 0.0867. The highest BCUT2D eigenvalue weighted by atomic mass is 35.5. The van der Waals surface area contributed by atoms with Gasteiger partial charge in [0.05, 0.1) is 0 Å². The van der Waals surface area contributed by atoms with E-state index in [1.54, 1.807) is 12.1 Å². The molecule has 0 fully saturated rings. The van der Waals surface area contributed by atoms with Gasteiger partial charge in [-0.2, -0.15) is 0 Å². The predicted molar refractivity (Wildman–Crippen MR) is 47.9 cm³/mol. The maximum absolute atomic E-state index is 8.41. The van der Waals surface area contributed by atoms with E-state index in [-0.39, 0.29) is 5.17 Å². The summed E-state index contributed by atoms with van der Waals surface area (Å²) < 4.78 is 0. The maximum atomic E-state index is 8.41. The molecular formula is C8H9ClN2O. The zero-order chi connectivity index (χ0) is 9.14. The highest BCUT2D eigenvalue weighted by Crippen LogP contribution is 2.08. The molecule has 0 aliphatic rings. The molecule has 0 aliphatic heterocycles. The molecule has 3 nitrogen and oxygen atoms in total. The Bertz CT molecular complexity index is 303. The molecule has 0 aliphatic carbocycles. The van der Waals surface area contributed by atoms with E-state index in [0.29, 0.717) is 5.56 Å². The molecule has 0 saturated carbocycles. The average molecular weight is 185 g/mol. The zero-order valence-corrected chi connectivity index (χ0v) is 7.63. The van der Waals surface area contributed by atoms with Crippen LogP contribution in [0.3, 0.4) is 0 Å². The van der Waals surface area contributed by atoms with Gasteiger partial charge in [-0.25, -0.2) is 0 Å². The van der Waals surface area contributed by atoms with Crippen LogP contribution in [0, 0.1) is 13.8 Å². The van der Waals surface area contributed by atoms with E-state index >= 15 is 0 Å². The van der Waals surface area contributed by atoms with Crippen LogP contribution >= 0.6 is 11.6 Å². The lowest BCUT2D eigenvalue weighted by Crippen LogP contribution is -1.95. The normalized spacial score (nSPS) is 11.8. The summed E-state index contributed by atoms with van der Waals surface area (Å²) >= 11 is 5.61. The molecular weight excluding hydrogens is 176 g/mol. The van der Waals surface area contributed by atoms with Crippen LogP contribution in [-0.4, -0.2) is 15.4 Å². The third kappa shape index (κ3) is 1.95. The van der Waals surface area contributed by atoms with Crippen molar-refractivity contribution >= 4 is 16.8 Å². The Kier molecular flexibility index (Phi) is 2.65. The van der Waals surface area contributed by atoms with Gasteiger partial charge >= 0.3 is 0 Å². The zero-order valence-electron chi connectivity index (χ0n) is 6.87. The van der Waals surface area contributed by atoms with Gasteiger partial charge in [0.25, 0.3) is 0 Å². The molecule has 0 unspecified atom stereocenters. The smallest absolute Gasteiger partial charge is 0.175 e. The summed E-state index contributed by atoms with van der Waals surface area (Å²) in [5.41, 5.74) is 2.39. The summed E-state index contributed by atoms with van der Waals surface area (Å²) in [6.45, 7) is 3.72. The lowest BCUT2D eigenvalue weighted by molar-refractivity contribution is 0.321. The molecule has 0 bridgehead atoms. The first-order valence-electron chi connectivity index (χ1n) is 3.46. The Balaban J connectivity index is 3.17. The number of hydrogen-bond donors (Lipinski definition) is 1. The molecule has 1 rings (SSSR count). The minimum atomic E-state index is 0.0867. The van der Waals surface area contributed by atoms with Gasteiger partial charge in [0.1, 0.15) is 0 Å². The van der Waals surface area contributed by atoms with Gasteiger partial charge in [-0.15, -0.1) is 0 Å². The third-order valence-electron chi connectivity index (χ3n) is 1.41. The fourth-order valence-corrected chi connectivity index (χ4v) is 1.12. The highest BCUT2D eigenvalue weighted by Gasteiger charge is 2.01. The van der Waals surface area contributed by atoms with Crippen LogP contribution in [0.4, 0.5) is 0 Å². The van der Waals surface area contributed by atoms with Crippen molar-refractivity contribution in [1.29, 1.82) is 0 Å². The molecule has 0 radical (unpaired) electrons. The summed E-state index contributed by atoms with van der Waals surface area (Å²) in [6.07, 6.45) is 0. The number of hydrogen-bond acceptors (Lipinski definition) is 3. The second-order valence-electron chi connectivity index (χ2n) is 2.53. The predicted octanol–water partition coefficient (Wildman–Crippen LogP) is 2.07. The van der Waals surface area contributed by atoms with Gasteiger partial charge in [0.2, 0.25) is 0 Å². The van der Waals surface area contributed by atoms with Crippen molar-refractivity contribution in [1.82, 2.24) is 4.98 Å². The molecule has 1 heterocycles. The Labute approximate surface area is 75.7 Å². The number of aryl methyl sites for hydroxylation is 2. The standard InChI is InChI=1S/C8H9ClN2O/c1-5-3-7(8(9)11-12)4-6(2)10-5/h3-4,12H,1-2H3. The summed E-state index contributed by atoms with van der Waals surface area (Å²) in [7, 11) is 0. The molecule has 1 N–H and O–H groups in total. The van der Waals surface area contributed by atoms with Crippen LogP contribution in [0.5, 0.6) is 0 Å². The van der Waals surface area contributed by atoms with Gasteiger partial charge in [-0.3, -0.25) is 4.98 Å². The number of oxime groups is 1. The fourth-order valence-electron chi connectivity index (χ4n) is 1.01. The molecule has 1 aromatic rings. The van der Waals surface area contributed by atoms with Crippen molar-refractivity contribution in [2.75, 3.05) is 0 Å². The van der Waals surface area contributed by atoms with Gasteiger partial charge in [0.15, 0.2) is 5.17 Å². The maximum Gasteiger partial charge on any atom is 0.175 e. The van der Waals surface area contributed by atoms with E-state index in [0.717, 1.165) is 11.4 Å². The van der Waals surface area contributed by atoms with Crippen molar-refractivity contribution in [3.63, 3.8) is 0 Å². The molecule has 0 atom stereocenters. The van der Waals surface area contributed by atoms with E-state index in [2.05, 4.69) is 10.1 Å². The van der Waals surface area contributed by atoms with Crippen molar-refractivity contribution in [2.45, 2.75) is 13.8 Å². The van der Waals surface area contributed by atoms with Crippen LogP contribution in [0.1, 0.15) is 17.0 Å². The number of nitrogens with zero attached hydrogens (tertiary/aromatic N) is 2. The monoisotopic (exact) mass is 184 g/mol. The molecule has 4 heteroatoms. The number of rotatable bonds is 1. The molecule has 12 heavy (non-hydrogen) atoms. The van der Waals surface area contributed by atoms with Crippen LogP contribution in [0.15, 0.2) is 17.3 Å². The average Bonchev–Trinajstić information content (AvgIpc) is 2.01. The first-order valence-corrected chi connectivity index (χ1v) is 3.84. The summed E-state index contributed by atoms with van der Waals surface area (Å²) in [5, 5.41) is 11.4. The molecule has 0 aromatic carbocycles. The van der Waals surface area contributed by atoms with Crippen molar-refractivity contribution in [3.05, 3.63) is 29.1 Å². The van der Waals surface area contributed by atoms with Gasteiger partial charge in [-0.05, 0) is 26.0 Å². The summed E-state index contributed by atoms with van der Waals surface area (Å²) in [5.74, 6) is 0. The van der Waals surface area contributed by atoms with Crippen LogP contribution < -0.4 is 0 Å². The van der Waals surface area contributed by atoms with Crippen LogP contribution in [-0.2, 0) is 0 Å². The first-order chi connectivity index (χ1) is 5.63. The van der Waals surface area contributed by atoms with Crippen molar-refractivity contribution in [3.8, 4) is 0 Å². The van der Waals surface area contributed by atoms with E-state index in [1.807, 2.05) is 13.8 Å². The highest BCUT2D eigenvalue weighted by molar-refractivity contribution is 6.69. The molecule has 0 spiro atoms. The molecule has 0 saturated heterocycles. The minimum Gasteiger partial charge on any atom is -0.410 e. The lowest BCUT2D eigenvalue weighted by atomic mass is 10.2.